The number of rotatable bonds is 5. The summed E-state index contributed by atoms with van der Waals surface area (Å²) in [6.45, 7) is -0.136. The Morgan fingerprint density at radius 1 is 1.57 bits per heavy atom. The van der Waals surface area contributed by atoms with E-state index < -0.39 is 16.0 Å². The zero-order valence-electron chi connectivity index (χ0n) is 7.13. The summed E-state index contributed by atoms with van der Waals surface area (Å²) in [4.78, 5) is 10.1. The van der Waals surface area contributed by atoms with Crippen LogP contribution in [0.4, 0.5) is 0 Å². The first-order chi connectivity index (χ1) is 6.52. The van der Waals surface area contributed by atoms with Gasteiger partial charge < -0.3 is 9.52 Å². The van der Waals surface area contributed by atoms with Crippen LogP contribution in [0, 0.1) is 0 Å². The highest BCUT2D eigenvalue weighted by molar-refractivity contribution is 7.89. The van der Waals surface area contributed by atoms with Gasteiger partial charge in [-0.15, -0.1) is 0 Å². The highest BCUT2D eigenvalue weighted by Crippen LogP contribution is 2.07. The van der Waals surface area contributed by atoms with Gasteiger partial charge >= 0.3 is 5.97 Å². The van der Waals surface area contributed by atoms with E-state index in [0.29, 0.717) is 0 Å². The SMILES string of the molecule is O=C(O)CCNS(=O)(=O)c1ccoc1. The van der Waals surface area contributed by atoms with Crippen LogP contribution in [0.5, 0.6) is 0 Å². The standard InChI is InChI=1S/C7H9NO5S/c9-7(10)1-3-8-14(11,12)6-2-4-13-5-6/h2,4-5,8H,1,3H2,(H,9,10). The normalized spacial score (nSPS) is 11.4. The van der Waals surface area contributed by atoms with Crippen molar-refractivity contribution in [2.24, 2.45) is 0 Å². The summed E-state index contributed by atoms with van der Waals surface area (Å²) in [6.07, 6.45) is 2.05. The van der Waals surface area contributed by atoms with Crippen LogP contribution >= 0.6 is 0 Å². The highest BCUT2D eigenvalue weighted by atomic mass is 32.2. The summed E-state index contributed by atoms with van der Waals surface area (Å²) < 4.78 is 29.3. The molecule has 1 heterocycles. The Hall–Kier alpha value is -1.34. The Morgan fingerprint density at radius 2 is 2.29 bits per heavy atom. The molecule has 7 heteroatoms. The van der Waals surface area contributed by atoms with Crippen molar-refractivity contribution >= 4 is 16.0 Å². The van der Waals surface area contributed by atoms with Gasteiger partial charge in [-0.25, -0.2) is 13.1 Å². The molecule has 1 rings (SSSR count). The average Bonchev–Trinajstić information content (AvgIpc) is 2.54. The Morgan fingerprint density at radius 3 is 2.79 bits per heavy atom. The van der Waals surface area contributed by atoms with Crippen molar-refractivity contribution in [1.29, 1.82) is 0 Å². The number of hydrogen-bond acceptors (Lipinski definition) is 4. The molecule has 0 spiro atoms. The molecule has 0 amide bonds. The van der Waals surface area contributed by atoms with Gasteiger partial charge in [-0.05, 0) is 6.07 Å². The van der Waals surface area contributed by atoms with E-state index in [9.17, 15) is 13.2 Å². The van der Waals surface area contributed by atoms with E-state index in [4.69, 9.17) is 5.11 Å². The number of carboxylic acids is 1. The van der Waals surface area contributed by atoms with Gasteiger partial charge in [0.1, 0.15) is 11.2 Å². The van der Waals surface area contributed by atoms with E-state index in [1.165, 1.54) is 12.3 Å². The van der Waals surface area contributed by atoms with Crippen molar-refractivity contribution in [3.05, 3.63) is 18.6 Å². The van der Waals surface area contributed by atoms with Gasteiger partial charge in [0.05, 0.1) is 12.7 Å². The maximum Gasteiger partial charge on any atom is 0.304 e. The molecule has 2 N–H and O–H groups in total. The zero-order valence-corrected chi connectivity index (χ0v) is 7.95. The largest absolute Gasteiger partial charge is 0.481 e. The number of aliphatic carboxylic acids is 1. The molecular formula is C7H9NO5S. The smallest absolute Gasteiger partial charge is 0.304 e. The molecule has 0 unspecified atom stereocenters. The molecule has 0 fully saturated rings. The molecule has 0 saturated carbocycles. The second-order valence-electron chi connectivity index (χ2n) is 2.50. The number of hydrogen-bond donors (Lipinski definition) is 2. The van der Waals surface area contributed by atoms with Crippen LogP contribution in [0.3, 0.4) is 0 Å². The Bertz CT molecular complexity index is 394. The van der Waals surface area contributed by atoms with Crippen LogP contribution in [0.1, 0.15) is 6.42 Å². The zero-order chi connectivity index (χ0) is 10.6. The molecule has 0 bridgehead atoms. The number of nitrogens with one attached hydrogen (secondary N) is 1. The molecule has 0 atom stereocenters. The second kappa shape index (κ2) is 4.25. The second-order valence-corrected chi connectivity index (χ2v) is 4.27. The van der Waals surface area contributed by atoms with Crippen LogP contribution in [-0.2, 0) is 14.8 Å². The van der Waals surface area contributed by atoms with Crippen molar-refractivity contribution in [2.75, 3.05) is 6.54 Å². The predicted octanol–water partition coefficient (Wildman–Crippen LogP) is 0.0326. The van der Waals surface area contributed by atoms with E-state index in [1.54, 1.807) is 0 Å². The molecule has 14 heavy (non-hydrogen) atoms. The minimum absolute atomic E-state index is 0.0112. The molecule has 78 valence electrons. The maximum atomic E-state index is 11.3. The lowest BCUT2D eigenvalue weighted by Gasteiger charge is -2.01. The van der Waals surface area contributed by atoms with Gasteiger partial charge in [0.15, 0.2) is 0 Å². The molecule has 0 aromatic carbocycles. The first-order valence-electron chi connectivity index (χ1n) is 3.76. The average molecular weight is 219 g/mol. The first-order valence-corrected chi connectivity index (χ1v) is 5.24. The van der Waals surface area contributed by atoms with Gasteiger partial charge in [0, 0.05) is 6.54 Å². The summed E-state index contributed by atoms with van der Waals surface area (Å²) in [7, 11) is -3.62. The lowest BCUT2D eigenvalue weighted by atomic mass is 10.5. The molecule has 6 nitrogen and oxygen atoms in total. The quantitative estimate of drug-likeness (QED) is 0.728. The van der Waals surface area contributed by atoms with Gasteiger partial charge in [-0.2, -0.15) is 0 Å². The fourth-order valence-corrected chi connectivity index (χ4v) is 1.73. The van der Waals surface area contributed by atoms with E-state index in [2.05, 4.69) is 9.14 Å². The van der Waals surface area contributed by atoms with Crippen molar-refractivity contribution in [3.8, 4) is 0 Å². The van der Waals surface area contributed by atoms with Crippen molar-refractivity contribution in [1.82, 2.24) is 4.72 Å². The van der Waals surface area contributed by atoms with E-state index in [1.807, 2.05) is 0 Å². The lowest BCUT2D eigenvalue weighted by molar-refractivity contribution is -0.136. The predicted molar refractivity (Wildman–Crippen MR) is 46.1 cm³/mol. The van der Waals surface area contributed by atoms with Crippen molar-refractivity contribution in [2.45, 2.75) is 11.3 Å². The van der Waals surface area contributed by atoms with Gasteiger partial charge in [0.25, 0.3) is 0 Å². The van der Waals surface area contributed by atoms with Gasteiger partial charge in [-0.1, -0.05) is 0 Å². The molecule has 1 aromatic heterocycles. The van der Waals surface area contributed by atoms with Crippen molar-refractivity contribution < 1.29 is 22.7 Å². The molecule has 0 saturated heterocycles. The minimum Gasteiger partial charge on any atom is -0.481 e. The van der Waals surface area contributed by atoms with Gasteiger partial charge in [0.2, 0.25) is 10.0 Å². The number of furan rings is 1. The molecule has 0 aliphatic rings. The minimum atomic E-state index is -3.62. The summed E-state index contributed by atoms with van der Waals surface area (Å²) in [5.74, 6) is -1.06. The molecule has 0 aliphatic heterocycles. The monoisotopic (exact) mass is 219 g/mol. The maximum absolute atomic E-state index is 11.3. The fourth-order valence-electron chi connectivity index (χ4n) is 0.781. The summed E-state index contributed by atoms with van der Waals surface area (Å²) in [5.41, 5.74) is 0. The lowest BCUT2D eigenvalue weighted by Crippen LogP contribution is -2.25. The fraction of sp³-hybridized carbons (Fsp3) is 0.286. The summed E-state index contributed by atoms with van der Waals surface area (Å²) >= 11 is 0. The molecule has 1 aromatic rings. The van der Waals surface area contributed by atoms with E-state index in [0.717, 1.165) is 6.26 Å². The number of carboxylic acid groups (broad SMARTS) is 1. The Kier molecular flexibility index (Phi) is 3.26. The summed E-state index contributed by atoms with van der Waals surface area (Å²) in [5, 5.41) is 8.29. The van der Waals surface area contributed by atoms with Crippen LogP contribution in [-0.4, -0.2) is 26.0 Å². The van der Waals surface area contributed by atoms with Crippen LogP contribution < -0.4 is 4.72 Å². The van der Waals surface area contributed by atoms with Gasteiger partial charge in [-0.3, -0.25) is 4.79 Å². The summed E-state index contributed by atoms with van der Waals surface area (Å²) in [6, 6.07) is 1.28. The molecular weight excluding hydrogens is 210 g/mol. The third-order valence-corrected chi connectivity index (χ3v) is 2.87. The topological polar surface area (TPSA) is 96.6 Å². The molecule has 0 radical (unpaired) electrons. The Balaban J connectivity index is 2.56. The van der Waals surface area contributed by atoms with E-state index >= 15 is 0 Å². The Labute approximate surface area is 80.6 Å². The van der Waals surface area contributed by atoms with Crippen LogP contribution in [0.25, 0.3) is 0 Å². The van der Waals surface area contributed by atoms with Crippen LogP contribution in [0.2, 0.25) is 0 Å². The highest BCUT2D eigenvalue weighted by Gasteiger charge is 2.14. The van der Waals surface area contributed by atoms with E-state index in [-0.39, 0.29) is 17.9 Å². The van der Waals surface area contributed by atoms with Crippen LogP contribution in [0.15, 0.2) is 27.9 Å². The molecule has 0 aliphatic carbocycles. The number of sulfonamides is 1. The first kappa shape index (κ1) is 10.7. The third-order valence-electron chi connectivity index (χ3n) is 1.44. The number of carbonyl (C=O) groups is 1. The third kappa shape index (κ3) is 2.86. The van der Waals surface area contributed by atoms with Crippen molar-refractivity contribution in [3.63, 3.8) is 0 Å².